The predicted molar refractivity (Wildman–Crippen MR) is 84.2 cm³/mol. The minimum absolute atomic E-state index is 0.245. The van der Waals surface area contributed by atoms with E-state index in [4.69, 9.17) is 5.73 Å². The summed E-state index contributed by atoms with van der Waals surface area (Å²) in [6.45, 7) is 2.27. The van der Waals surface area contributed by atoms with Gasteiger partial charge in [0.15, 0.2) is 0 Å². The molecule has 2 N–H and O–H groups in total. The summed E-state index contributed by atoms with van der Waals surface area (Å²) in [6.07, 6.45) is 5.60. The fourth-order valence-corrected chi connectivity index (χ4v) is 4.94. The average molecular weight is 296 g/mol. The van der Waals surface area contributed by atoms with Gasteiger partial charge in [-0.25, -0.2) is 8.42 Å². The molecule has 1 aromatic rings. The van der Waals surface area contributed by atoms with Crippen LogP contribution in [0.5, 0.6) is 0 Å². The molecule has 112 valence electrons. The molecule has 4 nitrogen and oxygen atoms in total. The highest BCUT2D eigenvalue weighted by atomic mass is 32.2. The zero-order valence-corrected chi connectivity index (χ0v) is 12.9. The molecule has 1 fully saturated rings. The van der Waals surface area contributed by atoms with Crippen LogP contribution in [0.15, 0.2) is 24.3 Å². The third kappa shape index (κ3) is 3.45. The van der Waals surface area contributed by atoms with Crippen LogP contribution in [-0.2, 0) is 10.0 Å². The summed E-state index contributed by atoms with van der Waals surface area (Å²) in [4.78, 5) is 0. The van der Waals surface area contributed by atoms with Crippen LogP contribution in [-0.4, -0.2) is 20.7 Å². The Hall–Kier alpha value is -1.23. The Morgan fingerprint density at radius 2 is 1.85 bits per heavy atom. The molecule has 0 radical (unpaired) electrons. The van der Waals surface area contributed by atoms with Crippen molar-refractivity contribution in [1.29, 1.82) is 0 Å². The molecule has 0 saturated heterocycles. The van der Waals surface area contributed by atoms with E-state index in [9.17, 15) is 8.42 Å². The summed E-state index contributed by atoms with van der Waals surface area (Å²) < 4.78 is 26.8. The van der Waals surface area contributed by atoms with E-state index in [0.717, 1.165) is 25.7 Å². The molecule has 0 bridgehead atoms. The summed E-state index contributed by atoms with van der Waals surface area (Å²) >= 11 is 0. The second-order valence-electron chi connectivity index (χ2n) is 5.51. The molecule has 5 heteroatoms. The largest absolute Gasteiger partial charge is 0.397 e. The van der Waals surface area contributed by atoms with Crippen molar-refractivity contribution in [3.8, 4) is 0 Å². The highest BCUT2D eigenvalue weighted by molar-refractivity contribution is 7.92. The van der Waals surface area contributed by atoms with Crippen LogP contribution in [0.4, 0.5) is 11.4 Å². The van der Waals surface area contributed by atoms with Crippen molar-refractivity contribution in [3.63, 3.8) is 0 Å². The SMILES string of the molecule is CCN(c1ccccc1N)S(=O)(=O)CC1CCCCC1. The fraction of sp³-hybridized carbons (Fsp3) is 0.600. The normalized spacial score (nSPS) is 17.1. The second-order valence-corrected chi connectivity index (χ2v) is 7.44. The van der Waals surface area contributed by atoms with E-state index in [1.54, 1.807) is 12.1 Å². The molecule has 0 unspecified atom stereocenters. The first kappa shape index (κ1) is 15.2. The fourth-order valence-electron chi connectivity index (χ4n) is 2.97. The van der Waals surface area contributed by atoms with Crippen LogP contribution in [0.3, 0.4) is 0 Å². The van der Waals surface area contributed by atoms with E-state index in [-0.39, 0.29) is 5.75 Å². The van der Waals surface area contributed by atoms with E-state index in [0.29, 0.717) is 23.8 Å². The molecular weight excluding hydrogens is 272 g/mol. The lowest BCUT2D eigenvalue weighted by Gasteiger charge is -2.28. The smallest absolute Gasteiger partial charge is 0.235 e. The van der Waals surface area contributed by atoms with Gasteiger partial charge >= 0.3 is 0 Å². The quantitative estimate of drug-likeness (QED) is 0.850. The molecule has 0 atom stereocenters. The average Bonchev–Trinajstić information content (AvgIpc) is 2.42. The maximum Gasteiger partial charge on any atom is 0.235 e. The van der Waals surface area contributed by atoms with Gasteiger partial charge in [-0.15, -0.1) is 0 Å². The van der Waals surface area contributed by atoms with Crippen LogP contribution in [0.25, 0.3) is 0 Å². The number of anilines is 2. The summed E-state index contributed by atoms with van der Waals surface area (Å²) in [6, 6.07) is 7.16. The summed E-state index contributed by atoms with van der Waals surface area (Å²) in [5.41, 5.74) is 7.04. The number of sulfonamides is 1. The monoisotopic (exact) mass is 296 g/mol. The van der Waals surface area contributed by atoms with Gasteiger partial charge in [0.2, 0.25) is 10.0 Å². The molecule has 0 aromatic heterocycles. The van der Waals surface area contributed by atoms with Gasteiger partial charge in [-0.2, -0.15) is 0 Å². The Morgan fingerprint density at radius 1 is 1.20 bits per heavy atom. The maximum absolute atomic E-state index is 12.7. The predicted octanol–water partition coefficient (Wildman–Crippen LogP) is 3.01. The van der Waals surface area contributed by atoms with Gasteiger partial charge < -0.3 is 5.73 Å². The highest BCUT2D eigenvalue weighted by Gasteiger charge is 2.27. The molecule has 0 heterocycles. The van der Waals surface area contributed by atoms with E-state index < -0.39 is 10.0 Å². The minimum Gasteiger partial charge on any atom is -0.397 e. The van der Waals surface area contributed by atoms with Crippen molar-refractivity contribution in [2.45, 2.75) is 39.0 Å². The first-order valence-corrected chi connectivity index (χ1v) is 9.00. The molecule has 0 aliphatic heterocycles. The zero-order chi connectivity index (χ0) is 14.6. The minimum atomic E-state index is -3.29. The molecule has 1 saturated carbocycles. The Balaban J connectivity index is 2.19. The first-order chi connectivity index (χ1) is 9.54. The van der Waals surface area contributed by atoms with Gasteiger partial charge in [0.05, 0.1) is 17.1 Å². The van der Waals surface area contributed by atoms with Gasteiger partial charge in [0, 0.05) is 6.54 Å². The van der Waals surface area contributed by atoms with Crippen molar-refractivity contribution in [3.05, 3.63) is 24.3 Å². The van der Waals surface area contributed by atoms with Crippen molar-refractivity contribution < 1.29 is 8.42 Å². The Labute approximate surface area is 122 Å². The van der Waals surface area contributed by atoms with E-state index in [2.05, 4.69) is 0 Å². The lowest BCUT2D eigenvalue weighted by molar-refractivity contribution is 0.384. The number of para-hydroxylation sites is 2. The van der Waals surface area contributed by atoms with Gasteiger partial charge in [-0.1, -0.05) is 31.4 Å². The number of nitrogen functional groups attached to an aromatic ring is 1. The van der Waals surface area contributed by atoms with Gasteiger partial charge in [0.25, 0.3) is 0 Å². The molecule has 0 amide bonds. The van der Waals surface area contributed by atoms with Gasteiger partial charge in [-0.05, 0) is 37.8 Å². The standard InChI is InChI=1S/C15H24N2O2S/c1-2-17(15-11-7-6-10-14(15)16)20(18,19)12-13-8-4-3-5-9-13/h6-7,10-11,13H,2-5,8-9,12,16H2,1H3. The number of hydrogen-bond donors (Lipinski definition) is 1. The summed E-state index contributed by atoms with van der Waals surface area (Å²) in [7, 11) is -3.29. The number of nitrogens with zero attached hydrogens (tertiary/aromatic N) is 1. The van der Waals surface area contributed by atoms with E-state index in [1.807, 2.05) is 19.1 Å². The van der Waals surface area contributed by atoms with Crippen molar-refractivity contribution in [2.24, 2.45) is 5.92 Å². The molecule has 0 spiro atoms. The van der Waals surface area contributed by atoms with E-state index in [1.165, 1.54) is 10.7 Å². The van der Waals surface area contributed by atoms with Crippen molar-refractivity contribution >= 4 is 21.4 Å². The number of nitrogens with two attached hydrogens (primary N) is 1. The molecule has 1 aliphatic rings. The summed E-state index contributed by atoms with van der Waals surface area (Å²) in [5.74, 6) is 0.544. The third-order valence-corrected chi connectivity index (χ3v) is 6.02. The number of hydrogen-bond acceptors (Lipinski definition) is 3. The Morgan fingerprint density at radius 3 is 2.45 bits per heavy atom. The summed E-state index contributed by atoms with van der Waals surface area (Å²) in [5, 5.41) is 0. The first-order valence-electron chi connectivity index (χ1n) is 7.39. The second kappa shape index (κ2) is 6.48. The molecule has 20 heavy (non-hydrogen) atoms. The molecule has 2 rings (SSSR count). The Kier molecular flexibility index (Phi) is 4.91. The highest BCUT2D eigenvalue weighted by Crippen LogP contribution is 2.29. The van der Waals surface area contributed by atoms with Crippen LogP contribution < -0.4 is 10.0 Å². The lowest BCUT2D eigenvalue weighted by Crippen LogP contribution is -2.36. The molecule has 1 aromatic carbocycles. The molecular formula is C15H24N2O2S. The van der Waals surface area contributed by atoms with Gasteiger partial charge in [-0.3, -0.25) is 4.31 Å². The molecule has 1 aliphatic carbocycles. The zero-order valence-electron chi connectivity index (χ0n) is 12.1. The topological polar surface area (TPSA) is 63.4 Å². The number of benzene rings is 1. The van der Waals surface area contributed by atoms with Crippen molar-refractivity contribution in [1.82, 2.24) is 0 Å². The number of rotatable bonds is 5. The Bertz CT molecular complexity index is 537. The van der Waals surface area contributed by atoms with Crippen molar-refractivity contribution in [2.75, 3.05) is 22.3 Å². The lowest BCUT2D eigenvalue weighted by atomic mass is 9.91. The van der Waals surface area contributed by atoms with E-state index >= 15 is 0 Å². The third-order valence-electron chi connectivity index (χ3n) is 4.00. The van der Waals surface area contributed by atoms with Crippen LogP contribution in [0.2, 0.25) is 0 Å². The van der Waals surface area contributed by atoms with Crippen LogP contribution in [0.1, 0.15) is 39.0 Å². The van der Waals surface area contributed by atoms with Gasteiger partial charge in [0.1, 0.15) is 0 Å². The maximum atomic E-state index is 12.7. The van der Waals surface area contributed by atoms with Crippen LogP contribution >= 0.6 is 0 Å². The van der Waals surface area contributed by atoms with Crippen LogP contribution in [0, 0.1) is 5.92 Å².